The summed E-state index contributed by atoms with van der Waals surface area (Å²) in [7, 11) is -3.62. The van der Waals surface area contributed by atoms with E-state index in [9.17, 15) is 22.8 Å². The Morgan fingerprint density at radius 1 is 0.909 bits per heavy atom. The smallest absolute Gasteiger partial charge is 0.338 e. The van der Waals surface area contributed by atoms with Crippen molar-refractivity contribution in [3.63, 3.8) is 0 Å². The van der Waals surface area contributed by atoms with Gasteiger partial charge in [-0.3, -0.25) is 9.59 Å². The van der Waals surface area contributed by atoms with E-state index in [-0.39, 0.29) is 10.5 Å². The van der Waals surface area contributed by atoms with Gasteiger partial charge in [0.2, 0.25) is 15.9 Å². The summed E-state index contributed by atoms with van der Waals surface area (Å²) in [6.07, 6.45) is 2.59. The Kier molecular flexibility index (Phi) is 7.83. The third kappa shape index (κ3) is 6.17. The lowest BCUT2D eigenvalue weighted by Gasteiger charge is -2.20. The second kappa shape index (κ2) is 10.6. The number of nitrogens with one attached hydrogen (secondary N) is 1. The van der Waals surface area contributed by atoms with E-state index in [0.717, 1.165) is 25.7 Å². The monoisotopic (exact) mass is 473 g/mol. The van der Waals surface area contributed by atoms with Crippen molar-refractivity contribution in [1.29, 1.82) is 0 Å². The zero-order chi connectivity index (χ0) is 24.0. The van der Waals surface area contributed by atoms with Crippen LogP contribution in [0.25, 0.3) is 0 Å². The number of esters is 1. The molecule has 1 saturated heterocycles. The van der Waals surface area contributed by atoms with Gasteiger partial charge in [-0.1, -0.05) is 12.8 Å². The lowest BCUT2D eigenvalue weighted by molar-refractivity contribution is -0.123. The van der Waals surface area contributed by atoms with E-state index >= 15 is 0 Å². The largest absolute Gasteiger partial charge is 0.449 e. The number of anilines is 1. The fourth-order valence-corrected chi connectivity index (χ4v) is 4.96. The third-order valence-corrected chi connectivity index (χ3v) is 7.30. The van der Waals surface area contributed by atoms with E-state index in [1.54, 1.807) is 0 Å². The topological polar surface area (TPSA) is 136 Å². The number of sulfonamides is 1. The first-order valence-electron chi connectivity index (χ1n) is 10.7. The molecule has 0 bridgehead atoms. The number of primary amides is 1. The second-order valence-corrected chi connectivity index (χ2v) is 9.76. The van der Waals surface area contributed by atoms with Gasteiger partial charge in [-0.15, -0.1) is 0 Å². The number of hydrogen-bond donors (Lipinski definition) is 2. The number of nitrogens with zero attached hydrogens (tertiary/aromatic N) is 1. The molecule has 1 heterocycles. The minimum atomic E-state index is -3.62. The fourth-order valence-electron chi connectivity index (χ4n) is 3.44. The van der Waals surface area contributed by atoms with Gasteiger partial charge in [-0.05, 0) is 68.3 Å². The van der Waals surface area contributed by atoms with Crippen LogP contribution in [-0.4, -0.2) is 49.7 Å². The predicted molar refractivity (Wildman–Crippen MR) is 122 cm³/mol. The van der Waals surface area contributed by atoms with Crippen LogP contribution in [0.5, 0.6) is 0 Å². The molecular weight excluding hydrogens is 446 g/mol. The van der Waals surface area contributed by atoms with Gasteiger partial charge >= 0.3 is 5.97 Å². The molecule has 3 N–H and O–H groups in total. The van der Waals surface area contributed by atoms with Crippen LogP contribution in [0.15, 0.2) is 53.4 Å². The van der Waals surface area contributed by atoms with Crippen LogP contribution >= 0.6 is 0 Å². The molecule has 2 aromatic rings. The van der Waals surface area contributed by atoms with E-state index in [2.05, 4.69) is 5.32 Å². The SMILES string of the molecule is C[C@H](OC(=O)c1ccc(S(=O)(=O)N2CCCCCC2)cc1)C(=O)Nc1ccc(C(N)=O)cc1. The molecule has 1 atom stereocenters. The molecule has 176 valence electrons. The van der Waals surface area contributed by atoms with Gasteiger partial charge in [-0.2, -0.15) is 4.31 Å². The standard InChI is InChI=1S/C23H27N3O6S/c1-16(22(28)25-19-10-6-17(7-11-19)21(24)27)32-23(29)18-8-12-20(13-9-18)33(30,31)26-14-4-2-3-5-15-26/h6-13,16H,2-5,14-15H2,1H3,(H2,24,27)(H,25,28)/t16-/m0/s1. The average Bonchev–Trinajstić information content (AvgIpc) is 3.09. The van der Waals surface area contributed by atoms with Crippen molar-refractivity contribution in [3.05, 3.63) is 59.7 Å². The Labute approximate surface area is 193 Å². The maximum Gasteiger partial charge on any atom is 0.338 e. The molecule has 0 saturated carbocycles. The summed E-state index contributed by atoms with van der Waals surface area (Å²) in [5, 5.41) is 2.58. The van der Waals surface area contributed by atoms with Crippen LogP contribution in [0.3, 0.4) is 0 Å². The van der Waals surface area contributed by atoms with Crippen molar-refractivity contribution in [1.82, 2.24) is 4.31 Å². The van der Waals surface area contributed by atoms with Gasteiger partial charge in [0.25, 0.3) is 5.91 Å². The van der Waals surface area contributed by atoms with Crippen molar-refractivity contribution < 1.29 is 27.5 Å². The first-order valence-corrected chi connectivity index (χ1v) is 12.1. The zero-order valence-electron chi connectivity index (χ0n) is 18.3. The van der Waals surface area contributed by atoms with Crippen molar-refractivity contribution >= 4 is 33.5 Å². The zero-order valence-corrected chi connectivity index (χ0v) is 19.1. The highest BCUT2D eigenvalue weighted by Crippen LogP contribution is 2.21. The number of benzene rings is 2. The van der Waals surface area contributed by atoms with Crippen LogP contribution in [0.2, 0.25) is 0 Å². The Bertz CT molecular complexity index is 1110. The van der Waals surface area contributed by atoms with Crippen LogP contribution < -0.4 is 11.1 Å². The van der Waals surface area contributed by atoms with E-state index in [1.807, 2.05) is 0 Å². The lowest BCUT2D eigenvalue weighted by Crippen LogP contribution is -2.32. The summed E-state index contributed by atoms with van der Waals surface area (Å²) >= 11 is 0. The van der Waals surface area contributed by atoms with E-state index in [4.69, 9.17) is 10.5 Å². The Balaban J connectivity index is 1.60. The van der Waals surface area contributed by atoms with Crippen LogP contribution in [-0.2, 0) is 19.6 Å². The lowest BCUT2D eigenvalue weighted by atomic mass is 10.2. The van der Waals surface area contributed by atoms with Crippen molar-refractivity contribution in [2.45, 2.75) is 43.6 Å². The number of rotatable bonds is 7. The first-order chi connectivity index (χ1) is 15.7. The molecule has 3 rings (SSSR count). The number of amides is 2. The molecule has 9 nitrogen and oxygen atoms in total. The first kappa shape index (κ1) is 24.4. The summed E-state index contributed by atoms with van der Waals surface area (Å²) < 4.78 is 32.4. The number of ether oxygens (including phenoxy) is 1. The van der Waals surface area contributed by atoms with Gasteiger partial charge in [-0.25, -0.2) is 13.2 Å². The van der Waals surface area contributed by atoms with E-state index in [0.29, 0.717) is 24.3 Å². The third-order valence-electron chi connectivity index (χ3n) is 5.38. The van der Waals surface area contributed by atoms with E-state index < -0.39 is 33.9 Å². The molecule has 0 unspecified atom stereocenters. The molecule has 33 heavy (non-hydrogen) atoms. The Hall–Kier alpha value is -3.24. The summed E-state index contributed by atoms with van der Waals surface area (Å²) in [5.74, 6) is -1.89. The van der Waals surface area contributed by atoms with Gasteiger partial charge in [0.1, 0.15) is 0 Å². The molecule has 1 aliphatic rings. The van der Waals surface area contributed by atoms with Crippen molar-refractivity contribution in [2.24, 2.45) is 5.73 Å². The van der Waals surface area contributed by atoms with Gasteiger partial charge < -0.3 is 15.8 Å². The highest BCUT2D eigenvalue weighted by molar-refractivity contribution is 7.89. The minimum Gasteiger partial charge on any atom is -0.449 e. The Morgan fingerprint density at radius 3 is 2.00 bits per heavy atom. The number of nitrogens with two attached hydrogens (primary N) is 1. The average molecular weight is 474 g/mol. The normalized spacial score (nSPS) is 15.8. The molecule has 2 amide bonds. The van der Waals surface area contributed by atoms with Crippen molar-refractivity contribution in [3.8, 4) is 0 Å². The quantitative estimate of drug-likeness (QED) is 0.593. The summed E-state index contributed by atoms with van der Waals surface area (Å²) in [6, 6.07) is 11.5. The van der Waals surface area contributed by atoms with Gasteiger partial charge in [0.15, 0.2) is 6.10 Å². The number of carbonyl (C=O) groups excluding carboxylic acids is 3. The van der Waals surface area contributed by atoms with E-state index in [1.165, 1.54) is 59.8 Å². The second-order valence-electron chi connectivity index (χ2n) is 7.82. The number of hydrogen-bond acceptors (Lipinski definition) is 6. The summed E-state index contributed by atoms with van der Waals surface area (Å²) in [4.78, 5) is 36.0. The predicted octanol–water partition coefficient (Wildman–Crippen LogP) is 2.53. The molecule has 0 aliphatic carbocycles. The highest BCUT2D eigenvalue weighted by atomic mass is 32.2. The molecular formula is C23H27N3O6S. The van der Waals surface area contributed by atoms with Crippen molar-refractivity contribution in [2.75, 3.05) is 18.4 Å². The molecule has 1 fully saturated rings. The summed E-state index contributed by atoms with van der Waals surface area (Å²) in [5.41, 5.74) is 6.03. The fraction of sp³-hybridized carbons (Fsp3) is 0.348. The van der Waals surface area contributed by atoms with Gasteiger partial charge in [0.05, 0.1) is 10.5 Å². The maximum atomic E-state index is 12.9. The summed E-state index contributed by atoms with van der Waals surface area (Å²) in [6.45, 7) is 2.40. The van der Waals surface area contributed by atoms with Crippen LogP contribution in [0.1, 0.15) is 53.3 Å². The molecule has 0 spiro atoms. The molecule has 0 radical (unpaired) electrons. The van der Waals surface area contributed by atoms with Crippen LogP contribution in [0.4, 0.5) is 5.69 Å². The van der Waals surface area contributed by atoms with Gasteiger partial charge in [0, 0.05) is 24.3 Å². The number of carbonyl (C=O) groups is 3. The molecule has 1 aliphatic heterocycles. The maximum absolute atomic E-state index is 12.9. The minimum absolute atomic E-state index is 0.117. The highest BCUT2D eigenvalue weighted by Gasteiger charge is 2.26. The molecule has 2 aromatic carbocycles. The molecule has 0 aromatic heterocycles. The Morgan fingerprint density at radius 2 is 1.45 bits per heavy atom. The molecule has 10 heteroatoms. The van der Waals surface area contributed by atoms with Crippen LogP contribution in [0, 0.1) is 0 Å².